The zero-order valence-corrected chi connectivity index (χ0v) is 15.7. The SMILES string of the molecule is O=C(NC1CCc2n[nH]c(=O)cc2C1)C(c1cccs1)C1CCCCC1. The van der Waals surface area contributed by atoms with Gasteiger partial charge in [0.25, 0.3) is 5.56 Å². The molecule has 0 aromatic carbocycles. The summed E-state index contributed by atoms with van der Waals surface area (Å²) >= 11 is 1.69. The maximum absolute atomic E-state index is 13.2. The van der Waals surface area contributed by atoms with Gasteiger partial charge in [0.2, 0.25) is 5.91 Å². The van der Waals surface area contributed by atoms with E-state index in [1.807, 2.05) is 6.07 Å². The number of fused-ring (bicyclic) bond motifs is 1. The van der Waals surface area contributed by atoms with Gasteiger partial charge in [0.15, 0.2) is 0 Å². The van der Waals surface area contributed by atoms with E-state index in [2.05, 4.69) is 27.0 Å². The number of carbonyl (C=O) groups excluding carboxylic acids is 1. The van der Waals surface area contributed by atoms with Crippen molar-refractivity contribution >= 4 is 17.2 Å². The van der Waals surface area contributed by atoms with Crippen molar-refractivity contribution in [3.63, 3.8) is 0 Å². The van der Waals surface area contributed by atoms with E-state index in [-0.39, 0.29) is 23.4 Å². The number of hydrogen-bond acceptors (Lipinski definition) is 4. The number of carbonyl (C=O) groups is 1. The van der Waals surface area contributed by atoms with Crippen LogP contribution in [-0.2, 0) is 17.6 Å². The highest BCUT2D eigenvalue weighted by atomic mass is 32.1. The number of nitrogens with zero attached hydrogens (tertiary/aromatic N) is 1. The second-order valence-corrected chi connectivity index (χ2v) is 8.52. The van der Waals surface area contributed by atoms with Gasteiger partial charge in [-0.05, 0) is 55.0 Å². The first-order chi connectivity index (χ1) is 12.7. The van der Waals surface area contributed by atoms with Crippen LogP contribution in [0.4, 0.5) is 0 Å². The van der Waals surface area contributed by atoms with Crippen LogP contribution in [0.15, 0.2) is 28.4 Å². The Morgan fingerprint density at radius 2 is 2.12 bits per heavy atom. The van der Waals surface area contributed by atoms with Gasteiger partial charge in [-0.25, -0.2) is 5.10 Å². The number of rotatable bonds is 4. The third-order valence-corrected chi connectivity index (χ3v) is 6.73. The van der Waals surface area contributed by atoms with Crippen molar-refractivity contribution in [2.75, 3.05) is 0 Å². The number of thiophene rings is 1. The quantitative estimate of drug-likeness (QED) is 0.867. The Hall–Kier alpha value is -1.95. The molecule has 0 aliphatic heterocycles. The summed E-state index contributed by atoms with van der Waals surface area (Å²) < 4.78 is 0. The van der Waals surface area contributed by atoms with E-state index in [1.165, 1.54) is 24.1 Å². The van der Waals surface area contributed by atoms with Crippen molar-refractivity contribution in [3.8, 4) is 0 Å². The first-order valence-electron chi connectivity index (χ1n) is 9.62. The number of nitrogens with one attached hydrogen (secondary N) is 2. The maximum Gasteiger partial charge on any atom is 0.264 e. The minimum absolute atomic E-state index is 0.0333. The fourth-order valence-electron chi connectivity index (χ4n) is 4.47. The Labute approximate surface area is 157 Å². The first-order valence-corrected chi connectivity index (χ1v) is 10.5. The predicted molar refractivity (Wildman–Crippen MR) is 102 cm³/mol. The lowest BCUT2D eigenvalue weighted by Gasteiger charge is -2.31. The molecule has 26 heavy (non-hydrogen) atoms. The summed E-state index contributed by atoms with van der Waals surface area (Å²) in [6.45, 7) is 0. The molecule has 2 aromatic rings. The Kier molecular flexibility index (Phi) is 5.20. The second-order valence-electron chi connectivity index (χ2n) is 7.54. The summed E-state index contributed by atoms with van der Waals surface area (Å²) in [6.07, 6.45) is 8.39. The van der Waals surface area contributed by atoms with E-state index in [0.717, 1.165) is 36.9 Å². The molecule has 2 aromatic heterocycles. The van der Waals surface area contributed by atoms with Crippen LogP contribution in [0.2, 0.25) is 0 Å². The molecule has 1 amide bonds. The molecule has 138 valence electrons. The first kappa shape index (κ1) is 17.5. The lowest BCUT2D eigenvalue weighted by Crippen LogP contribution is -2.43. The van der Waals surface area contributed by atoms with Gasteiger partial charge < -0.3 is 5.32 Å². The van der Waals surface area contributed by atoms with Crippen LogP contribution < -0.4 is 10.9 Å². The van der Waals surface area contributed by atoms with Crippen molar-refractivity contribution in [3.05, 3.63) is 50.1 Å². The van der Waals surface area contributed by atoms with E-state index in [0.29, 0.717) is 12.3 Å². The van der Waals surface area contributed by atoms with Gasteiger partial charge in [0.05, 0.1) is 11.6 Å². The molecule has 4 rings (SSSR count). The summed E-state index contributed by atoms with van der Waals surface area (Å²) in [5.74, 6) is 0.572. The molecule has 2 aliphatic rings. The molecule has 0 bridgehead atoms. The molecule has 5 nitrogen and oxygen atoms in total. The van der Waals surface area contributed by atoms with Crippen LogP contribution in [0, 0.1) is 5.92 Å². The third-order valence-electron chi connectivity index (χ3n) is 5.77. The van der Waals surface area contributed by atoms with Crippen LogP contribution in [0.25, 0.3) is 0 Å². The highest BCUT2D eigenvalue weighted by Gasteiger charge is 2.33. The van der Waals surface area contributed by atoms with E-state index < -0.39 is 0 Å². The lowest BCUT2D eigenvalue weighted by atomic mass is 9.78. The van der Waals surface area contributed by atoms with Crippen LogP contribution in [0.5, 0.6) is 0 Å². The van der Waals surface area contributed by atoms with Gasteiger partial charge in [-0.1, -0.05) is 25.3 Å². The summed E-state index contributed by atoms with van der Waals surface area (Å²) in [5.41, 5.74) is 1.75. The Bertz CT molecular complexity index is 809. The number of hydrogen-bond donors (Lipinski definition) is 2. The molecule has 1 fully saturated rings. The molecule has 2 unspecified atom stereocenters. The third kappa shape index (κ3) is 3.75. The van der Waals surface area contributed by atoms with E-state index in [4.69, 9.17) is 0 Å². The number of aromatic nitrogens is 2. The maximum atomic E-state index is 13.2. The zero-order valence-electron chi connectivity index (χ0n) is 14.9. The van der Waals surface area contributed by atoms with Gasteiger partial charge in [-0.2, -0.15) is 5.10 Å². The minimum atomic E-state index is -0.172. The van der Waals surface area contributed by atoms with E-state index in [1.54, 1.807) is 17.4 Å². The van der Waals surface area contributed by atoms with Crippen LogP contribution in [0.3, 0.4) is 0 Å². The van der Waals surface area contributed by atoms with Gasteiger partial charge in [0.1, 0.15) is 0 Å². The minimum Gasteiger partial charge on any atom is -0.352 e. The van der Waals surface area contributed by atoms with Gasteiger partial charge in [-0.3, -0.25) is 9.59 Å². The standard InChI is InChI=1S/C20H25N3O2S/c24-18-12-14-11-15(8-9-16(14)22-23-18)21-20(25)19(17-7-4-10-26-17)13-5-2-1-3-6-13/h4,7,10,12-13,15,19H,1-3,5-6,8-9,11H2,(H,21,25)(H,23,24). The lowest BCUT2D eigenvalue weighted by molar-refractivity contribution is -0.124. The fourth-order valence-corrected chi connectivity index (χ4v) is 5.38. The number of amides is 1. The van der Waals surface area contributed by atoms with Gasteiger partial charge in [0, 0.05) is 17.0 Å². The Morgan fingerprint density at radius 1 is 1.27 bits per heavy atom. The number of H-pyrrole nitrogens is 1. The van der Waals surface area contributed by atoms with Crippen molar-refractivity contribution in [2.45, 2.75) is 63.3 Å². The van der Waals surface area contributed by atoms with Crippen molar-refractivity contribution < 1.29 is 4.79 Å². The van der Waals surface area contributed by atoms with Crippen LogP contribution in [-0.4, -0.2) is 22.1 Å². The topological polar surface area (TPSA) is 74.8 Å². The molecule has 0 saturated heterocycles. The molecule has 2 aliphatic carbocycles. The van der Waals surface area contributed by atoms with Crippen molar-refractivity contribution in [2.24, 2.45) is 5.92 Å². The number of aryl methyl sites for hydroxylation is 1. The summed E-state index contributed by atoms with van der Waals surface area (Å²) in [4.78, 5) is 25.9. The molecule has 0 spiro atoms. The Balaban J connectivity index is 1.49. The highest BCUT2D eigenvalue weighted by molar-refractivity contribution is 7.10. The normalized spacial score (nSPS) is 21.8. The van der Waals surface area contributed by atoms with Crippen LogP contribution >= 0.6 is 11.3 Å². The Morgan fingerprint density at radius 3 is 2.88 bits per heavy atom. The fraction of sp³-hybridized carbons (Fsp3) is 0.550. The molecule has 2 atom stereocenters. The van der Waals surface area contributed by atoms with Gasteiger partial charge in [-0.15, -0.1) is 11.3 Å². The average molecular weight is 372 g/mol. The molecule has 2 heterocycles. The zero-order chi connectivity index (χ0) is 17.9. The van der Waals surface area contributed by atoms with Gasteiger partial charge >= 0.3 is 0 Å². The largest absolute Gasteiger partial charge is 0.352 e. The smallest absolute Gasteiger partial charge is 0.264 e. The number of aromatic amines is 1. The molecule has 0 radical (unpaired) electrons. The summed E-state index contributed by atoms with van der Waals surface area (Å²) in [5, 5.41) is 12.0. The molecular weight excluding hydrogens is 346 g/mol. The van der Waals surface area contributed by atoms with Crippen molar-refractivity contribution in [1.29, 1.82) is 0 Å². The summed E-state index contributed by atoms with van der Waals surface area (Å²) in [6, 6.07) is 5.85. The van der Waals surface area contributed by atoms with E-state index in [9.17, 15) is 9.59 Å². The highest BCUT2D eigenvalue weighted by Crippen LogP contribution is 2.38. The molecule has 1 saturated carbocycles. The van der Waals surface area contributed by atoms with Crippen LogP contribution in [0.1, 0.15) is 60.6 Å². The summed E-state index contributed by atoms with van der Waals surface area (Å²) in [7, 11) is 0. The molecule has 6 heteroatoms. The van der Waals surface area contributed by atoms with E-state index >= 15 is 0 Å². The average Bonchev–Trinajstić information content (AvgIpc) is 3.16. The second kappa shape index (κ2) is 7.74. The molecule has 2 N–H and O–H groups in total. The molecular formula is C20H25N3O2S. The predicted octanol–water partition coefficient (Wildman–Crippen LogP) is 3.17. The van der Waals surface area contributed by atoms with Crippen molar-refractivity contribution in [1.82, 2.24) is 15.5 Å². The monoisotopic (exact) mass is 371 g/mol.